The van der Waals surface area contributed by atoms with Gasteiger partial charge in [-0.15, -0.1) is 21.5 Å². The van der Waals surface area contributed by atoms with Crippen LogP contribution in [0, 0.1) is 5.92 Å². The van der Waals surface area contributed by atoms with Crippen LogP contribution in [0.4, 0.5) is 5.13 Å². The van der Waals surface area contributed by atoms with E-state index in [4.69, 9.17) is 0 Å². The van der Waals surface area contributed by atoms with Crippen LogP contribution in [0.3, 0.4) is 0 Å². The molecule has 0 unspecified atom stereocenters. The number of nitrogens with zero attached hydrogens (tertiary/aromatic N) is 4. The van der Waals surface area contributed by atoms with Crippen molar-refractivity contribution in [2.24, 2.45) is 13.0 Å². The van der Waals surface area contributed by atoms with Crippen molar-refractivity contribution in [1.82, 2.24) is 19.7 Å². The average molecular weight is 428 g/mol. The lowest BCUT2D eigenvalue weighted by Gasteiger charge is -2.20. The number of aromatic nitrogens is 4. The Morgan fingerprint density at radius 1 is 1.21 bits per heavy atom. The number of carbonyl (C=O) groups excluding carboxylic acids is 1. The molecule has 8 heteroatoms. The van der Waals surface area contributed by atoms with E-state index in [0.29, 0.717) is 5.13 Å². The van der Waals surface area contributed by atoms with Gasteiger partial charge in [0.2, 0.25) is 5.91 Å². The molecule has 0 bridgehead atoms. The second-order valence-electron chi connectivity index (χ2n) is 7.41. The normalized spacial score (nSPS) is 14.8. The second-order valence-corrected chi connectivity index (χ2v) is 9.21. The zero-order chi connectivity index (χ0) is 20.1. The summed E-state index contributed by atoms with van der Waals surface area (Å²) in [6.07, 6.45) is 7.57. The van der Waals surface area contributed by atoms with Crippen molar-refractivity contribution in [1.29, 1.82) is 0 Å². The molecule has 1 amide bonds. The first kappa shape index (κ1) is 20.1. The summed E-state index contributed by atoms with van der Waals surface area (Å²) in [6.45, 7) is 0. The highest BCUT2D eigenvalue weighted by Gasteiger charge is 2.18. The van der Waals surface area contributed by atoms with E-state index in [9.17, 15) is 4.79 Å². The minimum Gasteiger partial charge on any atom is -0.309 e. The topological polar surface area (TPSA) is 72.7 Å². The Kier molecular flexibility index (Phi) is 6.61. The zero-order valence-corrected chi connectivity index (χ0v) is 18.1. The number of nitrogens with one attached hydrogen (secondary N) is 1. The summed E-state index contributed by atoms with van der Waals surface area (Å²) in [5, 5.41) is 14.9. The van der Waals surface area contributed by atoms with Gasteiger partial charge < -0.3 is 9.88 Å². The lowest BCUT2D eigenvalue weighted by atomic mass is 9.87. The van der Waals surface area contributed by atoms with E-state index in [0.717, 1.165) is 34.6 Å². The first-order valence-electron chi connectivity index (χ1n) is 10.0. The number of hydrogen-bond donors (Lipinski definition) is 1. The van der Waals surface area contributed by atoms with Crippen molar-refractivity contribution < 1.29 is 4.79 Å². The van der Waals surface area contributed by atoms with E-state index < -0.39 is 0 Å². The van der Waals surface area contributed by atoms with Gasteiger partial charge in [-0.25, -0.2) is 4.98 Å². The molecule has 6 nitrogen and oxygen atoms in total. The van der Waals surface area contributed by atoms with Gasteiger partial charge in [0.1, 0.15) is 5.82 Å². The SMILES string of the molecule is Cn1c(CC2CCCCC2)nnc1SCC(=O)Nc1nc(-c2ccccc2)cs1. The number of thiazole rings is 1. The molecular formula is C21H25N5OS2. The van der Waals surface area contributed by atoms with Crippen LogP contribution in [0.25, 0.3) is 11.3 Å². The summed E-state index contributed by atoms with van der Waals surface area (Å²) in [5.41, 5.74) is 1.92. The first-order chi connectivity index (χ1) is 14.2. The molecule has 1 aliphatic rings. The van der Waals surface area contributed by atoms with E-state index in [1.54, 1.807) is 0 Å². The molecular weight excluding hydrogens is 402 g/mol. The summed E-state index contributed by atoms with van der Waals surface area (Å²) in [7, 11) is 1.99. The van der Waals surface area contributed by atoms with Crippen LogP contribution in [0.2, 0.25) is 0 Å². The largest absolute Gasteiger partial charge is 0.309 e. The smallest absolute Gasteiger partial charge is 0.236 e. The summed E-state index contributed by atoms with van der Waals surface area (Å²) >= 11 is 2.85. The predicted molar refractivity (Wildman–Crippen MR) is 118 cm³/mol. The third kappa shape index (κ3) is 5.25. The van der Waals surface area contributed by atoms with Crippen LogP contribution in [0.1, 0.15) is 37.9 Å². The second kappa shape index (κ2) is 9.54. The van der Waals surface area contributed by atoms with Gasteiger partial charge in [-0.3, -0.25) is 4.79 Å². The maximum Gasteiger partial charge on any atom is 0.236 e. The number of rotatable bonds is 7. The average Bonchev–Trinajstić information content (AvgIpc) is 3.35. The van der Waals surface area contributed by atoms with Crippen LogP contribution in [0.15, 0.2) is 40.9 Å². The monoisotopic (exact) mass is 427 g/mol. The van der Waals surface area contributed by atoms with Crippen LogP contribution in [0.5, 0.6) is 0 Å². The van der Waals surface area contributed by atoms with Crippen LogP contribution in [-0.2, 0) is 18.3 Å². The van der Waals surface area contributed by atoms with Crippen molar-refractivity contribution >= 4 is 34.1 Å². The molecule has 4 rings (SSSR count). The lowest BCUT2D eigenvalue weighted by Crippen LogP contribution is -2.15. The molecule has 0 aliphatic heterocycles. The van der Waals surface area contributed by atoms with Gasteiger partial charge in [0.05, 0.1) is 11.4 Å². The molecule has 1 fully saturated rings. The molecule has 0 spiro atoms. The standard InChI is InChI=1S/C21H25N5OS2/c1-26-18(12-15-8-4-2-5-9-15)24-25-21(26)29-14-19(27)23-20-22-17(13-28-20)16-10-6-3-7-11-16/h3,6-7,10-11,13,15H,2,4-5,8-9,12,14H2,1H3,(H,22,23,27). The minimum atomic E-state index is -0.0826. The molecule has 1 aliphatic carbocycles. The fourth-order valence-electron chi connectivity index (χ4n) is 3.66. The summed E-state index contributed by atoms with van der Waals surface area (Å²) in [4.78, 5) is 16.9. The molecule has 1 N–H and O–H groups in total. The molecule has 1 saturated carbocycles. The molecule has 2 heterocycles. The van der Waals surface area contributed by atoms with Crippen LogP contribution in [-0.4, -0.2) is 31.4 Å². The van der Waals surface area contributed by atoms with Gasteiger partial charge in [0.25, 0.3) is 0 Å². The fraction of sp³-hybridized carbons (Fsp3) is 0.429. The fourth-order valence-corrected chi connectivity index (χ4v) is 5.12. The van der Waals surface area contributed by atoms with E-state index in [1.165, 1.54) is 55.2 Å². The molecule has 0 atom stereocenters. The maximum absolute atomic E-state index is 12.3. The van der Waals surface area contributed by atoms with Gasteiger partial charge in [-0.1, -0.05) is 74.2 Å². The number of anilines is 1. The Hall–Kier alpha value is -2.19. The Bertz CT molecular complexity index is 947. The minimum absolute atomic E-state index is 0.0826. The predicted octanol–water partition coefficient (Wildman–Crippen LogP) is 4.79. The highest BCUT2D eigenvalue weighted by Crippen LogP contribution is 2.28. The van der Waals surface area contributed by atoms with Crippen molar-refractivity contribution in [3.63, 3.8) is 0 Å². The molecule has 0 saturated heterocycles. The van der Waals surface area contributed by atoms with Gasteiger partial charge in [-0.05, 0) is 5.92 Å². The third-order valence-electron chi connectivity index (χ3n) is 5.27. The summed E-state index contributed by atoms with van der Waals surface area (Å²) < 4.78 is 2.03. The van der Waals surface area contributed by atoms with Crippen molar-refractivity contribution in [3.8, 4) is 11.3 Å². The summed E-state index contributed by atoms with van der Waals surface area (Å²) in [6, 6.07) is 9.95. The highest BCUT2D eigenvalue weighted by atomic mass is 32.2. The number of hydrogen-bond acceptors (Lipinski definition) is 6. The maximum atomic E-state index is 12.3. The van der Waals surface area contributed by atoms with E-state index in [1.807, 2.05) is 47.3 Å². The molecule has 29 heavy (non-hydrogen) atoms. The quantitative estimate of drug-likeness (QED) is 0.549. The Labute approximate surface area is 179 Å². The Morgan fingerprint density at radius 3 is 2.79 bits per heavy atom. The van der Waals surface area contributed by atoms with Crippen LogP contribution < -0.4 is 5.32 Å². The van der Waals surface area contributed by atoms with Gasteiger partial charge in [0.15, 0.2) is 10.3 Å². The number of thioether (sulfide) groups is 1. The molecule has 152 valence electrons. The van der Waals surface area contributed by atoms with Crippen LogP contribution >= 0.6 is 23.1 Å². The molecule has 0 radical (unpaired) electrons. The van der Waals surface area contributed by atoms with E-state index in [-0.39, 0.29) is 11.7 Å². The van der Waals surface area contributed by atoms with Gasteiger partial charge in [-0.2, -0.15) is 0 Å². The summed E-state index contributed by atoms with van der Waals surface area (Å²) in [5.74, 6) is 1.94. The molecule has 1 aromatic carbocycles. The van der Waals surface area contributed by atoms with E-state index in [2.05, 4.69) is 20.5 Å². The van der Waals surface area contributed by atoms with Gasteiger partial charge >= 0.3 is 0 Å². The molecule has 3 aromatic rings. The molecule has 2 aromatic heterocycles. The zero-order valence-electron chi connectivity index (χ0n) is 16.5. The first-order valence-corrected chi connectivity index (χ1v) is 11.9. The number of benzene rings is 1. The third-order valence-corrected chi connectivity index (χ3v) is 7.05. The lowest BCUT2D eigenvalue weighted by molar-refractivity contribution is -0.113. The Morgan fingerprint density at radius 2 is 2.00 bits per heavy atom. The number of amides is 1. The van der Waals surface area contributed by atoms with Crippen molar-refractivity contribution in [3.05, 3.63) is 41.5 Å². The Balaban J connectivity index is 1.29. The van der Waals surface area contributed by atoms with E-state index >= 15 is 0 Å². The number of carbonyl (C=O) groups is 1. The highest BCUT2D eigenvalue weighted by molar-refractivity contribution is 7.99. The van der Waals surface area contributed by atoms with Crippen molar-refractivity contribution in [2.75, 3.05) is 11.1 Å². The van der Waals surface area contributed by atoms with Crippen molar-refractivity contribution in [2.45, 2.75) is 43.7 Å². The van der Waals surface area contributed by atoms with Gasteiger partial charge in [0, 0.05) is 24.4 Å².